The first-order valence-electron chi connectivity index (χ1n) is 7.17. The van der Waals surface area contributed by atoms with Gasteiger partial charge in [0, 0.05) is 31.3 Å². The van der Waals surface area contributed by atoms with Gasteiger partial charge >= 0.3 is 0 Å². The number of hydrogen-bond donors (Lipinski definition) is 0. The fourth-order valence-corrected chi connectivity index (χ4v) is 5.09. The highest BCUT2D eigenvalue weighted by Gasteiger charge is 2.14. The Morgan fingerprint density at radius 3 is 2.74 bits per heavy atom. The molecule has 0 bridgehead atoms. The molecule has 0 fully saturated rings. The van der Waals surface area contributed by atoms with Crippen molar-refractivity contribution in [3.8, 4) is 0 Å². The Bertz CT molecular complexity index is 1170. The van der Waals surface area contributed by atoms with Gasteiger partial charge in [0.05, 0.1) is 22.4 Å². The molecule has 1 aliphatic carbocycles. The number of aromatic nitrogens is 1. The minimum atomic E-state index is 0.780. The molecule has 0 radical (unpaired) electrons. The van der Waals surface area contributed by atoms with Crippen LogP contribution in [0.1, 0.15) is 5.01 Å². The summed E-state index contributed by atoms with van der Waals surface area (Å²) in [5, 5.41) is 4.32. The summed E-state index contributed by atoms with van der Waals surface area (Å²) in [5.74, 6) is 0. The molecule has 108 valence electrons. The molecule has 0 saturated heterocycles. The van der Waals surface area contributed by atoms with Crippen molar-refractivity contribution in [2.24, 2.45) is 0 Å². The van der Waals surface area contributed by atoms with Crippen LogP contribution in [-0.2, 0) is 0 Å². The molecule has 2 aromatic carbocycles. The number of hydrogen-bond acceptors (Lipinski definition) is 3. The topological polar surface area (TPSA) is 12.9 Å². The highest BCUT2D eigenvalue weighted by molar-refractivity contribution is 7.26. The normalized spacial score (nSPS) is 13.9. The Kier molecular flexibility index (Phi) is 2.91. The van der Waals surface area contributed by atoms with Crippen LogP contribution in [0.2, 0.25) is 5.02 Å². The zero-order chi connectivity index (χ0) is 15.4. The number of halogens is 1. The summed E-state index contributed by atoms with van der Waals surface area (Å²) in [7, 11) is 0. The Morgan fingerprint density at radius 2 is 1.87 bits per heavy atom. The summed E-state index contributed by atoms with van der Waals surface area (Å²) >= 11 is 9.69. The zero-order valence-electron chi connectivity index (χ0n) is 11.8. The predicted molar refractivity (Wildman–Crippen MR) is 102 cm³/mol. The van der Waals surface area contributed by atoms with Crippen LogP contribution in [0.25, 0.3) is 36.0 Å². The van der Waals surface area contributed by atoms with Crippen LogP contribution in [0.5, 0.6) is 0 Å². The number of rotatable bonds is 1. The molecule has 0 atom stereocenters. The summed E-state index contributed by atoms with van der Waals surface area (Å²) < 4.78 is 3.73. The molecule has 0 aliphatic heterocycles. The lowest BCUT2D eigenvalue weighted by Gasteiger charge is -1.93. The van der Waals surface area contributed by atoms with Gasteiger partial charge in [-0.25, -0.2) is 4.98 Å². The Balaban J connectivity index is 1.78. The summed E-state index contributed by atoms with van der Waals surface area (Å²) in [5.41, 5.74) is 2.20. The van der Waals surface area contributed by atoms with E-state index in [1.165, 1.54) is 24.9 Å². The highest BCUT2D eigenvalue weighted by atomic mass is 35.5. The molecule has 2 heterocycles. The largest absolute Gasteiger partial charge is 0.233 e. The van der Waals surface area contributed by atoms with Crippen LogP contribution in [0, 0.1) is 6.08 Å². The Labute approximate surface area is 145 Å². The number of thiazole rings is 1. The van der Waals surface area contributed by atoms with Crippen molar-refractivity contribution in [2.45, 2.75) is 0 Å². The molecule has 0 spiro atoms. The number of fused-ring (bicyclic) bond motifs is 4. The lowest BCUT2D eigenvalue weighted by Crippen LogP contribution is -1.80. The summed E-state index contributed by atoms with van der Waals surface area (Å²) in [6.07, 6.45) is 11.0. The quantitative estimate of drug-likeness (QED) is 0.351. The van der Waals surface area contributed by atoms with Crippen molar-refractivity contribution in [1.82, 2.24) is 4.98 Å². The second-order valence-corrected chi connectivity index (χ2v) is 7.92. The number of nitrogens with zero attached hydrogens (tertiary/aromatic N) is 1. The van der Waals surface area contributed by atoms with E-state index in [9.17, 15) is 0 Å². The average molecular weight is 351 g/mol. The fraction of sp³-hybridized carbons (Fsp3) is 0. The third kappa shape index (κ3) is 2.13. The molecule has 0 saturated carbocycles. The van der Waals surface area contributed by atoms with E-state index in [1.807, 2.05) is 18.2 Å². The van der Waals surface area contributed by atoms with E-state index in [0.717, 1.165) is 21.1 Å². The molecular formula is C19H9ClNS2+. The van der Waals surface area contributed by atoms with Gasteiger partial charge in [-0.1, -0.05) is 11.6 Å². The molecule has 0 unspecified atom stereocenters. The van der Waals surface area contributed by atoms with Gasteiger partial charge in [0.1, 0.15) is 17.7 Å². The molecule has 2 aromatic heterocycles. The third-order valence-corrected chi connectivity index (χ3v) is 6.34. The average Bonchev–Trinajstić information content (AvgIpc) is 3.14. The predicted octanol–water partition coefficient (Wildman–Crippen LogP) is 6.63. The lowest BCUT2D eigenvalue weighted by atomic mass is 10.1. The van der Waals surface area contributed by atoms with Gasteiger partial charge < -0.3 is 0 Å². The van der Waals surface area contributed by atoms with Crippen molar-refractivity contribution in [3.05, 3.63) is 70.7 Å². The SMILES string of the molecule is Clc1ccc2sc3cc4nc(C5=CC=[C+]C=C5)sc4cc3c2c1. The summed E-state index contributed by atoms with van der Waals surface area (Å²) in [6.45, 7) is 0. The van der Waals surface area contributed by atoms with Crippen molar-refractivity contribution in [2.75, 3.05) is 0 Å². The van der Waals surface area contributed by atoms with Gasteiger partial charge in [0.2, 0.25) is 0 Å². The minimum Gasteiger partial charge on any atom is -0.233 e. The van der Waals surface area contributed by atoms with Crippen LogP contribution in [-0.4, -0.2) is 4.98 Å². The molecule has 4 aromatic rings. The molecule has 1 aliphatic rings. The number of allylic oxidation sites excluding steroid dienone is 6. The highest BCUT2D eigenvalue weighted by Crippen LogP contribution is 2.39. The van der Waals surface area contributed by atoms with E-state index in [0.29, 0.717) is 0 Å². The number of benzene rings is 2. The maximum atomic E-state index is 6.17. The van der Waals surface area contributed by atoms with E-state index in [2.05, 4.69) is 42.5 Å². The fourth-order valence-electron chi connectivity index (χ4n) is 2.82. The first-order valence-corrected chi connectivity index (χ1v) is 9.18. The molecule has 23 heavy (non-hydrogen) atoms. The van der Waals surface area contributed by atoms with Crippen LogP contribution in [0.4, 0.5) is 0 Å². The van der Waals surface area contributed by atoms with Crippen LogP contribution in [0.3, 0.4) is 0 Å². The smallest absolute Gasteiger partial charge is 0.151 e. The van der Waals surface area contributed by atoms with Crippen molar-refractivity contribution in [1.29, 1.82) is 0 Å². The molecule has 4 heteroatoms. The van der Waals surface area contributed by atoms with E-state index in [4.69, 9.17) is 16.6 Å². The van der Waals surface area contributed by atoms with Gasteiger partial charge in [-0.2, -0.15) is 0 Å². The van der Waals surface area contributed by atoms with Crippen LogP contribution >= 0.6 is 34.3 Å². The van der Waals surface area contributed by atoms with E-state index < -0.39 is 0 Å². The van der Waals surface area contributed by atoms with Gasteiger partial charge in [-0.05, 0) is 30.3 Å². The van der Waals surface area contributed by atoms with Crippen molar-refractivity contribution >= 4 is 70.2 Å². The van der Waals surface area contributed by atoms with Gasteiger partial charge in [-0.3, -0.25) is 0 Å². The Morgan fingerprint density at radius 1 is 0.957 bits per heavy atom. The third-order valence-electron chi connectivity index (χ3n) is 3.91. The maximum absolute atomic E-state index is 6.17. The monoisotopic (exact) mass is 350 g/mol. The molecule has 1 nitrogen and oxygen atoms in total. The second-order valence-electron chi connectivity index (χ2n) is 5.37. The summed E-state index contributed by atoms with van der Waals surface area (Å²) in [4.78, 5) is 4.81. The zero-order valence-corrected chi connectivity index (χ0v) is 14.2. The molecule has 0 N–H and O–H groups in total. The second kappa shape index (κ2) is 4.98. The van der Waals surface area contributed by atoms with Crippen molar-refractivity contribution < 1.29 is 0 Å². The van der Waals surface area contributed by atoms with E-state index in [1.54, 1.807) is 22.7 Å². The van der Waals surface area contributed by atoms with Gasteiger partial charge in [-0.15, -0.1) is 22.7 Å². The van der Waals surface area contributed by atoms with Gasteiger partial charge in [0.25, 0.3) is 0 Å². The summed E-state index contributed by atoms with van der Waals surface area (Å²) in [6, 6.07) is 10.5. The van der Waals surface area contributed by atoms with E-state index in [-0.39, 0.29) is 0 Å². The Hall–Kier alpha value is -2.03. The van der Waals surface area contributed by atoms with Crippen molar-refractivity contribution in [3.63, 3.8) is 0 Å². The van der Waals surface area contributed by atoms with E-state index >= 15 is 0 Å². The molecular weight excluding hydrogens is 342 g/mol. The molecule has 5 rings (SSSR count). The minimum absolute atomic E-state index is 0.780. The number of thiophene rings is 1. The first kappa shape index (κ1) is 13.4. The maximum Gasteiger partial charge on any atom is 0.151 e. The van der Waals surface area contributed by atoms with Gasteiger partial charge in [0.15, 0.2) is 5.01 Å². The first-order chi connectivity index (χ1) is 11.3. The molecule has 0 amide bonds. The lowest BCUT2D eigenvalue weighted by molar-refractivity contribution is 1.44. The standard InChI is InChI=1S/C19H9ClNS2/c20-12-6-7-16-13(8-12)14-9-18-15(10-17(14)22-16)21-19(23-18)11-4-2-1-3-5-11/h2-10H/q+1. The van der Waals surface area contributed by atoms with Crippen LogP contribution < -0.4 is 0 Å². The van der Waals surface area contributed by atoms with Crippen LogP contribution in [0.15, 0.2) is 54.6 Å².